The van der Waals surface area contributed by atoms with Crippen molar-refractivity contribution in [1.82, 2.24) is 0 Å². The summed E-state index contributed by atoms with van der Waals surface area (Å²) < 4.78 is 43.3. The Hall–Kier alpha value is -2.21. The third kappa shape index (κ3) is 4.39. The smallest absolute Gasteiger partial charge is 0.416 e. The number of halogens is 4. The number of carbonyl (C=O) groups is 1. The topological polar surface area (TPSA) is 38.3 Å². The molecule has 2 rings (SSSR count). The zero-order chi connectivity index (χ0) is 17.0. The lowest BCUT2D eigenvalue weighted by molar-refractivity contribution is -0.137. The molecule has 23 heavy (non-hydrogen) atoms. The summed E-state index contributed by atoms with van der Waals surface area (Å²) in [6.07, 6.45) is -4.55. The molecule has 0 unspecified atom stereocenters. The maximum Gasteiger partial charge on any atom is 0.416 e. The molecule has 1 N–H and O–H groups in total. The summed E-state index contributed by atoms with van der Waals surface area (Å²) in [7, 11) is 1.47. The standard InChI is InChI=1S/C16H13ClF3NO2/c1-23-14-5-3-2-4-10(14)8-15(22)21-13-9-11(16(18,19)20)6-7-12(13)17/h2-7,9H,8H2,1H3,(H,21,22). The number of methoxy groups -OCH3 is 1. The lowest BCUT2D eigenvalue weighted by Gasteiger charge is -2.12. The minimum Gasteiger partial charge on any atom is -0.496 e. The summed E-state index contributed by atoms with van der Waals surface area (Å²) in [6, 6.07) is 9.65. The van der Waals surface area contributed by atoms with Gasteiger partial charge in [0.05, 0.1) is 29.8 Å². The molecule has 0 aliphatic rings. The number of carbonyl (C=O) groups excluding carboxylic acids is 1. The number of hydrogen-bond donors (Lipinski definition) is 1. The van der Waals surface area contributed by atoms with Gasteiger partial charge < -0.3 is 10.1 Å². The van der Waals surface area contributed by atoms with Gasteiger partial charge in [0, 0.05) is 5.56 Å². The summed E-state index contributed by atoms with van der Waals surface area (Å²) in [5.41, 5.74) is -0.341. The van der Waals surface area contributed by atoms with Crippen molar-refractivity contribution in [2.75, 3.05) is 12.4 Å². The van der Waals surface area contributed by atoms with E-state index in [-0.39, 0.29) is 17.1 Å². The Morgan fingerprint density at radius 1 is 1.22 bits per heavy atom. The van der Waals surface area contributed by atoms with Gasteiger partial charge in [-0.25, -0.2) is 0 Å². The van der Waals surface area contributed by atoms with E-state index in [0.29, 0.717) is 11.3 Å². The van der Waals surface area contributed by atoms with Crippen molar-refractivity contribution in [2.24, 2.45) is 0 Å². The number of rotatable bonds is 4. The predicted molar refractivity (Wildman–Crippen MR) is 81.8 cm³/mol. The highest BCUT2D eigenvalue weighted by Crippen LogP contribution is 2.33. The number of para-hydroxylation sites is 1. The Morgan fingerprint density at radius 2 is 1.91 bits per heavy atom. The molecule has 0 spiro atoms. The van der Waals surface area contributed by atoms with E-state index >= 15 is 0 Å². The molecular formula is C16H13ClF3NO2. The number of amides is 1. The lowest BCUT2D eigenvalue weighted by atomic mass is 10.1. The summed E-state index contributed by atoms with van der Waals surface area (Å²) in [5.74, 6) is 0.0357. The average Bonchev–Trinajstić information content (AvgIpc) is 2.49. The number of anilines is 1. The molecule has 0 aromatic heterocycles. The van der Waals surface area contributed by atoms with Crippen LogP contribution < -0.4 is 10.1 Å². The maximum absolute atomic E-state index is 12.7. The van der Waals surface area contributed by atoms with E-state index in [4.69, 9.17) is 16.3 Å². The zero-order valence-electron chi connectivity index (χ0n) is 12.1. The third-order valence-electron chi connectivity index (χ3n) is 3.11. The van der Waals surface area contributed by atoms with E-state index in [9.17, 15) is 18.0 Å². The highest BCUT2D eigenvalue weighted by molar-refractivity contribution is 6.33. The van der Waals surface area contributed by atoms with Crippen LogP contribution in [-0.4, -0.2) is 13.0 Å². The van der Waals surface area contributed by atoms with Crippen molar-refractivity contribution in [3.8, 4) is 5.75 Å². The molecule has 2 aromatic carbocycles. The van der Waals surface area contributed by atoms with Crippen molar-refractivity contribution in [3.05, 3.63) is 58.6 Å². The van der Waals surface area contributed by atoms with E-state index in [1.165, 1.54) is 7.11 Å². The first-order valence-electron chi connectivity index (χ1n) is 6.59. The van der Waals surface area contributed by atoms with Gasteiger partial charge in [0.2, 0.25) is 5.91 Å². The van der Waals surface area contributed by atoms with Gasteiger partial charge in [-0.2, -0.15) is 13.2 Å². The molecule has 0 aliphatic heterocycles. The van der Waals surface area contributed by atoms with E-state index < -0.39 is 17.6 Å². The molecule has 122 valence electrons. The number of alkyl halides is 3. The summed E-state index contributed by atoms with van der Waals surface area (Å²) in [5, 5.41) is 2.43. The van der Waals surface area contributed by atoms with E-state index in [1.807, 2.05) is 0 Å². The molecule has 0 heterocycles. The Bertz CT molecular complexity index is 717. The van der Waals surface area contributed by atoms with Crippen LogP contribution in [-0.2, 0) is 17.4 Å². The monoisotopic (exact) mass is 343 g/mol. The Morgan fingerprint density at radius 3 is 2.57 bits per heavy atom. The van der Waals surface area contributed by atoms with Crippen molar-refractivity contribution >= 4 is 23.2 Å². The normalized spacial score (nSPS) is 11.2. The van der Waals surface area contributed by atoms with Gasteiger partial charge in [-0.3, -0.25) is 4.79 Å². The zero-order valence-corrected chi connectivity index (χ0v) is 12.8. The fourth-order valence-corrected chi connectivity index (χ4v) is 2.18. The van der Waals surface area contributed by atoms with E-state index in [0.717, 1.165) is 18.2 Å². The molecule has 3 nitrogen and oxygen atoms in total. The molecule has 0 atom stereocenters. The molecule has 7 heteroatoms. The number of ether oxygens (including phenoxy) is 1. The maximum atomic E-state index is 12.7. The van der Waals surface area contributed by atoms with Crippen LogP contribution in [0.4, 0.5) is 18.9 Å². The average molecular weight is 344 g/mol. The van der Waals surface area contributed by atoms with E-state index in [1.54, 1.807) is 24.3 Å². The largest absolute Gasteiger partial charge is 0.496 e. The Kier molecular flexibility index (Phi) is 5.15. The van der Waals surface area contributed by atoms with Gasteiger partial charge in [-0.1, -0.05) is 29.8 Å². The fraction of sp³-hybridized carbons (Fsp3) is 0.188. The van der Waals surface area contributed by atoms with Crippen molar-refractivity contribution in [2.45, 2.75) is 12.6 Å². The van der Waals surface area contributed by atoms with Gasteiger partial charge in [0.15, 0.2) is 0 Å². The molecule has 0 aliphatic carbocycles. The van der Waals surface area contributed by atoms with Crippen LogP contribution in [0.15, 0.2) is 42.5 Å². The molecular weight excluding hydrogens is 331 g/mol. The second kappa shape index (κ2) is 6.91. The first kappa shape index (κ1) is 17.1. The number of benzene rings is 2. The first-order chi connectivity index (χ1) is 10.8. The Labute approximate surface area is 136 Å². The van der Waals surface area contributed by atoms with Crippen LogP contribution in [0.25, 0.3) is 0 Å². The van der Waals surface area contributed by atoms with Crippen LogP contribution in [0.5, 0.6) is 5.75 Å². The summed E-state index contributed by atoms with van der Waals surface area (Å²) in [4.78, 5) is 12.1. The summed E-state index contributed by atoms with van der Waals surface area (Å²) >= 11 is 5.85. The summed E-state index contributed by atoms with van der Waals surface area (Å²) in [6.45, 7) is 0. The number of nitrogens with one attached hydrogen (secondary N) is 1. The molecule has 0 fully saturated rings. The van der Waals surface area contributed by atoms with Crippen LogP contribution in [0.1, 0.15) is 11.1 Å². The molecule has 0 saturated heterocycles. The van der Waals surface area contributed by atoms with Gasteiger partial charge in [-0.05, 0) is 24.3 Å². The van der Waals surface area contributed by atoms with Gasteiger partial charge in [0.1, 0.15) is 5.75 Å². The van der Waals surface area contributed by atoms with Crippen LogP contribution >= 0.6 is 11.6 Å². The van der Waals surface area contributed by atoms with Gasteiger partial charge in [0.25, 0.3) is 0 Å². The van der Waals surface area contributed by atoms with Crippen LogP contribution in [0.3, 0.4) is 0 Å². The molecule has 2 aromatic rings. The number of hydrogen-bond acceptors (Lipinski definition) is 2. The minimum absolute atomic E-state index is 0.0337. The van der Waals surface area contributed by atoms with Gasteiger partial charge >= 0.3 is 6.18 Å². The Balaban J connectivity index is 2.17. The molecule has 1 amide bonds. The van der Waals surface area contributed by atoms with E-state index in [2.05, 4.69) is 5.32 Å². The highest BCUT2D eigenvalue weighted by Gasteiger charge is 2.31. The fourth-order valence-electron chi connectivity index (χ4n) is 2.01. The first-order valence-corrected chi connectivity index (χ1v) is 6.97. The SMILES string of the molecule is COc1ccccc1CC(=O)Nc1cc(C(F)(F)F)ccc1Cl. The second-order valence-electron chi connectivity index (χ2n) is 4.73. The van der Waals surface area contributed by atoms with Crippen LogP contribution in [0, 0.1) is 0 Å². The van der Waals surface area contributed by atoms with Crippen molar-refractivity contribution in [3.63, 3.8) is 0 Å². The molecule has 0 bridgehead atoms. The quantitative estimate of drug-likeness (QED) is 0.884. The molecule has 0 saturated carbocycles. The highest BCUT2D eigenvalue weighted by atomic mass is 35.5. The van der Waals surface area contributed by atoms with Crippen LogP contribution in [0.2, 0.25) is 5.02 Å². The third-order valence-corrected chi connectivity index (χ3v) is 3.44. The van der Waals surface area contributed by atoms with Crippen molar-refractivity contribution < 1.29 is 22.7 Å². The van der Waals surface area contributed by atoms with Crippen molar-refractivity contribution in [1.29, 1.82) is 0 Å². The predicted octanol–water partition coefficient (Wildman–Crippen LogP) is 4.55. The second-order valence-corrected chi connectivity index (χ2v) is 5.14. The minimum atomic E-state index is -4.51. The lowest BCUT2D eigenvalue weighted by Crippen LogP contribution is -2.16. The molecule has 0 radical (unpaired) electrons. The van der Waals surface area contributed by atoms with Gasteiger partial charge in [-0.15, -0.1) is 0 Å².